The highest BCUT2D eigenvalue weighted by atomic mass is 79.9. The standard InChI is InChI=1S/C11H11BrN4S/c1-16-6-8(5-15-16)17-10-4-7(12)2-3-9(10)11(13)14/h2-6H,1H3,(H3,13,14). The van der Waals surface area contributed by atoms with E-state index in [4.69, 9.17) is 11.1 Å². The summed E-state index contributed by atoms with van der Waals surface area (Å²) in [6.07, 6.45) is 3.71. The van der Waals surface area contributed by atoms with Gasteiger partial charge in [-0.3, -0.25) is 10.1 Å². The second-order valence-electron chi connectivity index (χ2n) is 3.51. The van der Waals surface area contributed by atoms with Crippen LogP contribution in [0.3, 0.4) is 0 Å². The molecule has 0 saturated heterocycles. The van der Waals surface area contributed by atoms with Crippen LogP contribution in [0.2, 0.25) is 0 Å². The average Bonchev–Trinajstić information content (AvgIpc) is 2.63. The minimum atomic E-state index is 0.0730. The summed E-state index contributed by atoms with van der Waals surface area (Å²) in [4.78, 5) is 1.97. The molecule has 0 aliphatic carbocycles. The first-order valence-corrected chi connectivity index (χ1v) is 6.47. The molecule has 88 valence electrons. The van der Waals surface area contributed by atoms with Gasteiger partial charge >= 0.3 is 0 Å². The summed E-state index contributed by atoms with van der Waals surface area (Å²) in [5.74, 6) is 0.0730. The van der Waals surface area contributed by atoms with Gasteiger partial charge in [0.15, 0.2) is 0 Å². The molecule has 2 aromatic rings. The topological polar surface area (TPSA) is 67.7 Å². The zero-order chi connectivity index (χ0) is 12.4. The molecule has 2 rings (SSSR count). The largest absolute Gasteiger partial charge is 0.384 e. The van der Waals surface area contributed by atoms with E-state index in [1.165, 1.54) is 0 Å². The molecule has 0 aliphatic heterocycles. The van der Waals surface area contributed by atoms with E-state index in [-0.39, 0.29) is 5.84 Å². The summed E-state index contributed by atoms with van der Waals surface area (Å²) in [5, 5.41) is 11.7. The number of nitrogen functional groups attached to an aromatic ring is 1. The predicted octanol–water partition coefficient (Wildman–Crippen LogP) is 2.62. The molecule has 17 heavy (non-hydrogen) atoms. The highest BCUT2D eigenvalue weighted by molar-refractivity contribution is 9.10. The van der Waals surface area contributed by atoms with Crippen LogP contribution >= 0.6 is 27.7 Å². The molecule has 0 amide bonds. The van der Waals surface area contributed by atoms with Crippen molar-refractivity contribution in [2.75, 3.05) is 0 Å². The highest BCUT2D eigenvalue weighted by Gasteiger charge is 2.08. The number of nitrogens with one attached hydrogen (secondary N) is 1. The van der Waals surface area contributed by atoms with Gasteiger partial charge in [-0.15, -0.1) is 0 Å². The Labute approximate surface area is 112 Å². The third-order valence-corrected chi connectivity index (χ3v) is 3.64. The van der Waals surface area contributed by atoms with Gasteiger partial charge in [0.2, 0.25) is 0 Å². The summed E-state index contributed by atoms with van der Waals surface area (Å²) >= 11 is 4.96. The molecule has 1 heterocycles. The fourth-order valence-electron chi connectivity index (χ4n) is 1.38. The molecule has 1 aromatic heterocycles. The summed E-state index contributed by atoms with van der Waals surface area (Å²) in [6.45, 7) is 0. The van der Waals surface area contributed by atoms with Crippen LogP contribution in [0.15, 0.2) is 44.9 Å². The van der Waals surface area contributed by atoms with Gasteiger partial charge in [-0.05, 0) is 18.2 Å². The lowest BCUT2D eigenvalue weighted by atomic mass is 10.2. The molecule has 0 saturated carbocycles. The molecule has 6 heteroatoms. The fourth-order valence-corrected chi connectivity index (χ4v) is 2.93. The summed E-state index contributed by atoms with van der Waals surface area (Å²) in [5.41, 5.74) is 6.30. The molecule has 0 atom stereocenters. The maximum absolute atomic E-state index is 7.55. The van der Waals surface area contributed by atoms with Crippen LogP contribution < -0.4 is 5.73 Å². The molecule has 0 radical (unpaired) electrons. The molecule has 0 fully saturated rings. The lowest BCUT2D eigenvalue weighted by Gasteiger charge is -2.07. The Balaban J connectivity index is 2.37. The lowest BCUT2D eigenvalue weighted by molar-refractivity contribution is 0.766. The molecular weight excluding hydrogens is 300 g/mol. The first-order chi connectivity index (χ1) is 8.06. The lowest BCUT2D eigenvalue weighted by Crippen LogP contribution is -2.12. The van der Waals surface area contributed by atoms with E-state index in [2.05, 4.69) is 21.0 Å². The van der Waals surface area contributed by atoms with Crippen molar-refractivity contribution in [3.63, 3.8) is 0 Å². The van der Waals surface area contributed by atoms with E-state index in [1.54, 1.807) is 22.6 Å². The van der Waals surface area contributed by atoms with E-state index in [1.807, 2.05) is 31.4 Å². The van der Waals surface area contributed by atoms with Crippen LogP contribution in [0.4, 0.5) is 0 Å². The molecule has 4 nitrogen and oxygen atoms in total. The summed E-state index contributed by atoms with van der Waals surface area (Å²) < 4.78 is 2.71. The van der Waals surface area contributed by atoms with Gasteiger partial charge in [0.05, 0.1) is 11.1 Å². The predicted molar refractivity (Wildman–Crippen MR) is 72.5 cm³/mol. The number of rotatable bonds is 3. The van der Waals surface area contributed by atoms with Crippen molar-refractivity contribution >= 4 is 33.5 Å². The second-order valence-corrected chi connectivity index (χ2v) is 5.54. The highest BCUT2D eigenvalue weighted by Crippen LogP contribution is 2.32. The number of hydrogen-bond donors (Lipinski definition) is 2. The Kier molecular flexibility index (Phi) is 3.54. The van der Waals surface area contributed by atoms with Crippen LogP contribution in [0.5, 0.6) is 0 Å². The normalized spacial score (nSPS) is 10.5. The maximum Gasteiger partial charge on any atom is 0.123 e. The minimum absolute atomic E-state index is 0.0730. The van der Waals surface area contributed by atoms with Gasteiger partial charge < -0.3 is 5.73 Å². The Morgan fingerprint density at radius 3 is 2.88 bits per heavy atom. The van der Waals surface area contributed by atoms with E-state index >= 15 is 0 Å². The Bertz CT molecular complexity index is 564. The van der Waals surface area contributed by atoms with Crippen molar-refractivity contribution < 1.29 is 0 Å². The van der Waals surface area contributed by atoms with E-state index in [0.29, 0.717) is 0 Å². The van der Waals surface area contributed by atoms with Crippen LogP contribution in [0, 0.1) is 5.41 Å². The van der Waals surface area contributed by atoms with Gasteiger partial charge in [-0.1, -0.05) is 27.7 Å². The van der Waals surface area contributed by atoms with Crippen molar-refractivity contribution in [2.24, 2.45) is 12.8 Å². The number of aryl methyl sites for hydroxylation is 1. The van der Waals surface area contributed by atoms with Gasteiger partial charge in [0, 0.05) is 28.2 Å². The molecule has 0 aliphatic rings. The molecule has 0 spiro atoms. The summed E-state index contributed by atoms with van der Waals surface area (Å²) in [7, 11) is 1.87. The number of aromatic nitrogens is 2. The SMILES string of the molecule is Cn1cc(Sc2cc(Br)ccc2C(=N)N)cn1. The minimum Gasteiger partial charge on any atom is -0.384 e. The van der Waals surface area contributed by atoms with E-state index in [0.717, 1.165) is 19.8 Å². The molecule has 0 bridgehead atoms. The number of hydrogen-bond acceptors (Lipinski definition) is 3. The number of halogens is 1. The Hall–Kier alpha value is -1.27. The van der Waals surface area contributed by atoms with Crippen LogP contribution in [-0.2, 0) is 7.05 Å². The van der Waals surface area contributed by atoms with Crippen LogP contribution in [0.25, 0.3) is 0 Å². The first kappa shape index (κ1) is 12.2. The number of benzene rings is 1. The maximum atomic E-state index is 7.55. The van der Waals surface area contributed by atoms with Gasteiger partial charge in [-0.25, -0.2) is 0 Å². The monoisotopic (exact) mass is 310 g/mol. The molecular formula is C11H11BrN4S. The van der Waals surface area contributed by atoms with Gasteiger partial charge in [0.25, 0.3) is 0 Å². The Morgan fingerprint density at radius 2 is 2.29 bits per heavy atom. The number of amidine groups is 1. The van der Waals surface area contributed by atoms with Crippen molar-refractivity contribution in [3.05, 3.63) is 40.6 Å². The second kappa shape index (κ2) is 4.93. The van der Waals surface area contributed by atoms with Crippen molar-refractivity contribution in [1.29, 1.82) is 5.41 Å². The zero-order valence-electron chi connectivity index (χ0n) is 9.14. The number of nitrogens with zero attached hydrogens (tertiary/aromatic N) is 2. The van der Waals surface area contributed by atoms with Crippen molar-refractivity contribution in [2.45, 2.75) is 9.79 Å². The van der Waals surface area contributed by atoms with Crippen LogP contribution in [0.1, 0.15) is 5.56 Å². The third-order valence-electron chi connectivity index (χ3n) is 2.14. The zero-order valence-corrected chi connectivity index (χ0v) is 11.5. The third kappa shape index (κ3) is 2.89. The van der Waals surface area contributed by atoms with Crippen LogP contribution in [-0.4, -0.2) is 15.6 Å². The fraction of sp³-hybridized carbons (Fsp3) is 0.0909. The van der Waals surface area contributed by atoms with E-state index in [9.17, 15) is 0 Å². The van der Waals surface area contributed by atoms with Crippen molar-refractivity contribution in [3.8, 4) is 0 Å². The van der Waals surface area contributed by atoms with Gasteiger partial charge in [0.1, 0.15) is 5.84 Å². The van der Waals surface area contributed by atoms with Crippen molar-refractivity contribution in [1.82, 2.24) is 9.78 Å². The van der Waals surface area contributed by atoms with Gasteiger partial charge in [-0.2, -0.15) is 5.10 Å². The molecule has 3 N–H and O–H groups in total. The van der Waals surface area contributed by atoms with E-state index < -0.39 is 0 Å². The molecule has 1 aromatic carbocycles. The quantitative estimate of drug-likeness (QED) is 0.676. The molecule has 0 unspecified atom stereocenters. The Morgan fingerprint density at radius 1 is 1.53 bits per heavy atom. The first-order valence-electron chi connectivity index (χ1n) is 4.86. The average molecular weight is 311 g/mol. The number of nitrogens with two attached hydrogens (primary N) is 1. The smallest absolute Gasteiger partial charge is 0.123 e. The summed E-state index contributed by atoms with van der Waals surface area (Å²) in [6, 6.07) is 5.67.